The minimum absolute atomic E-state index is 0.0955. The van der Waals surface area contributed by atoms with Gasteiger partial charge < -0.3 is 0 Å². The summed E-state index contributed by atoms with van der Waals surface area (Å²) in [7, 11) is -0.835. The monoisotopic (exact) mass is 336 g/mol. The molecule has 1 rings (SSSR count). The molecule has 1 aromatic rings. The summed E-state index contributed by atoms with van der Waals surface area (Å²) in [5.74, 6) is 0. The maximum atomic E-state index is 12.5. The van der Waals surface area contributed by atoms with E-state index in [2.05, 4.69) is 27.0 Å². The number of unbranched alkanes of at least 4 members (excludes halogenated alkanes) is 1. The highest BCUT2D eigenvalue weighted by Gasteiger charge is 2.18. The highest BCUT2D eigenvalue weighted by molar-refractivity contribution is 6.57. The molecule has 0 aromatic carbocycles. The van der Waals surface area contributed by atoms with E-state index in [0.717, 1.165) is 34.1 Å². The van der Waals surface area contributed by atoms with Crippen LogP contribution >= 0.6 is 0 Å². The summed E-state index contributed by atoms with van der Waals surface area (Å²) < 4.78 is 3.35. The molecule has 0 saturated heterocycles. The summed E-state index contributed by atoms with van der Waals surface area (Å²) in [5.41, 5.74) is -1.67. The van der Waals surface area contributed by atoms with Gasteiger partial charge in [0.2, 0.25) is 0 Å². The lowest BCUT2D eigenvalue weighted by Gasteiger charge is -2.16. The summed E-state index contributed by atoms with van der Waals surface area (Å²) in [4.78, 5) is 37.4. The van der Waals surface area contributed by atoms with Crippen molar-refractivity contribution in [2.24, 2.45) is 0 Å². The highest BCUT2D eigenvalue weighted by atomic mass is 28.3. The molecule has 0 aliphatic heterocycles. The van der Waals surface area contributed by atoms with Crippen LogP contribution in [-0.4, -0.2) is 22.5 Å². The van der Waals surface area contributed by atoms with Gasteiger partial charge in [0, 0.05) is 6.17 Å². The van der Waals surface area contributed by atoms with E-state index in [1.807, 2.05) is 0 Å². The SMILES string of the molecule is C=CCn1c(=O)n(CC=C)c(=O)n(C[Si](CC)CCCC)c1=O. The second-order valence-corrected chi connectivity index (χ2v) is 8.46. The average Bonchev–Trinajstić information content (AvgIpc) is 2.55. The summed E-state index contributed by atoms with van der Waals surface area (Å²) in [6.45, 7) is 11.6. The predicted octanol–water partition coefficient (Wildman–Crippen LogP) is 1.40. The van der Waals surface area contributed by atoms with Gasteiger partial charge in [-0.05, 0) is 0 Å². The lowest BCUT2D eigenvalue weighted by atomic mass is 10.4. The van der Waals surface area contributed by atoms with Gasteiger partial charge in [-0.15, -0.1) is 13.2 Å². The van der Waals surface area contributed by atoms with Gasteiger partial charge in [-0.2, -0.15) is 0 Å². The zero-order valence-corrected chi connectivity index (χ0v) is 15.1. The summed E-state index contributed by atoms with van der Waals surface area (Å²) in [5, 5.41) is 0. The third-order valence-electron chi connectivity index (χ3n) is 3.77. The van der Waals surface area contributed by atoms with Gasteiger partial charge in [0.25, 0.3) is 0 Å². The Hall–Kier alpha value is -1.89. The maximum absolute atomic E-state index is 12.5. The fourth-order valence-electron chi connectivity index (χ4n) is 2.41. The summed E-state index contributed by atoms with van der Waals surface area (Å²) in [6.07, 6.45) is 5.61. The van der Waals surface area contributed by atoms with Gasteiger partial charge in [-0.25, -0.2) is 28.1 Å². The third-order valence-corrected chi connectivity index (χ3v) is 6.60. The van der Waals surface area contributed by atoms with Gasteiger partial charge >= 0.3 is 17.1 Å². The van der Waals surface area contributed by atoms with Crippen molar-refractivity contribution in [2.45, 2.75) is 58.0 Å². The molecule has 0 unspecified atom stereocenters. The van der Waals surface area contributed by atoms with E-state index in [1.54, 1.807) is 0 Å². The first-order valence-electron chi connectivity index (χ1n) is 8.01. The van der Waals surface area contributed by atoms with Crippen molar-refractivity contribution in [1.29, 1.82) is 0 Å². The Kier molecular flexibility index (Phi) is 7.74. The number of allylic oxidation sites excluding steroid dienone is 2. The molecule has 0 atom stereocenters. The van der Waals surface area contributed by atoms with Crippen molar-refractivity contribution >= 4 is 8.80 Å². The first-order valence-corrected chi connectivity index (χ1v) is 10.1. The Labute approximate surface area is 138 Å². The van der Waals surface area contributed by atoms with E-state index < -0.39 is 25.9 Å². The van der Waals surface area contributed by atoms with Gasteiger partial charge in [0.1, 0.15) is 0 Å². The van der Waals surface area contributed by atoms with E-state index in [0.29, 0.717) is 6.17 Å². The fourth-order valence-corrected chi connectivity index (χ4v) is 4.71. The number of aromatic nitrogens is 3. The molecular weight excluding hydrogens is 310 g/mol. The Morgan fingerprint density at radius 1 is 0.913 bits per heavy atom. The number of hydrogen-bond acceptors (Lipinski definition) is 3. The van der Waals surface area contributed by atoms with E-state index in [1.165, 1.54) is 16.7 Å². The summed E-state index contributed by atoms with van der Waals surface area (Å²) >= 11 is 0. The van der Waals surface area contributed by atoms with Crippen LogP contribution in [0.25, 0.3) is 0 Å². The molecular formula is C16H26N3O3Si. The van der Waals surface area contributed by atoms with Crippen molar-refractivity contribution < 1.29 is 0 Å². The molecule has 6 nitrogen and oxygen atoms in total. The Bertz CT molecular complexity index is 667. The first kappa shape index (κ1) is 19.2. The van der Waals surface area contributed by atoms with Crippen LogP contribution in [0.5, 0.6) is 0 Å². The van der Waals surface area contributed by atoms with Crippen molar-refractivity contribution in [3.05, 3.63) is 56.8 Å². The molecule has 1 radical (unpaired) electrons. The van der Waals surface area contributed by atoms with Gasteiger partial charge in [0.15, 0.2) is 0 Å². The molecule has 1 heterocycles. The van der Waals surface area contributed by atoms with Crippen LogP contribution < -0.4 is 17.1 Å². The molecule has 0 aliphatic rings. The van der Waals surface area contributed by atoms with Gasteiger partial charge in [-0.3, -0.25) is 0 Å². The molecule has 1 aromatic heterocycles. The van der Waals surface area contributed by atoms with Crippen LogP contribution in [0.4, 0.5) is 0 Å². The van der Waals surface area contributed by atoms with Crippen LogP contribution in [0.2, 0.25) is 12.1 Å². The molecule has 23 heavy (non-hydrogen) atoms. The van der Waals surface area contributed by atoms with Crippen LogP contribution in [-0.2, 0) is 19.3 Å². The van der Waals surface area contributed by atoms with E-state index >= 15 is 0 Å². The molecule has 0 N–H and O–H groups in total. The standard InChI is InChI=1S/C16H26N3O3Si/c1-5-9-12-23(8-4)13-19-15(21)17(10-6-2)14(20)18(11-7-3)16(19)22/h6-7H,2-3,5,8-13H2,1,4H3. The Morgan fingerprint density at radius 2 is 1.39 bits per heavy atom. The van der Waals surface area contributed by atoms with Crippen LogP contribution in [0, 0.1) is 0 Å². The summed E-state index contributed by atoms with van der Waals surface area (Å²) in [6, 6.07) is 2.05. The van der Waals surface area contributed by atoms with Crippen molar-refractivity contribution in [3.8, 4) is 0 Å². The van der Waals surface area contributed by atoms with Crippen LogP contribution in [0.15, 0.2) is 39.7 Å². The molecule has 127 valence electrons. The predicted molar refractivity (Wildman–Crippen MR) is 95.6 cm³/mol. The molecule has 0 bridgehead atoms. The minimum atomic E-state index is -0.835. The van der Waals surface area contributed by atoms with Crippen LogP contribution in [0.3, 0.4) is 0 Å². The molecule has 0 aliphatic carbocycles. The number of nitrogens with zero attached hydrogens (tertiary/aromatic N) is 3. The Balaban J connectivity index is 3.42. The largest absolute Gasteiger partial charge is 0.336 e. The van der Waals surface area contributed by atoms with Gasteiger partial charge in [0.05, 0.1) is 21.9 Å². The number of rotatable bonds is 10. The first-order chi connectivity index (χ1) is 11.0. The van der Waals surface area contributed by atoms with E-state index in [-0.39, 0.29) is 13.1 Å². The fraction of sp³-hybridized carbons (Fsp3) is 0.562. The lowest BCUT2D eigenvalue weighted by molar-refractivity contribution is 0.508. The molecule has 0 saturated carbocycles. The normalized spacial score (nSPS) is 10.9. The number of hydrogen-bond donors (Lipinski definition) is 0. The maximum Gasteiger partial charge on any atom is 0.336 e. The zero-order chi connectivity index (χ0) is 17.4. The van der Waals surface area contributed by atoms with Crippen molar-refractivity contribution in [2.75, 3.05) is 0 Å². The molecule has 7 heteroatoms. The lowest BCUT2D eigenvalue weighted by Crippen LogP contribution is -2.55. The van der Waals surface area contributed by atoms with Crippen LogP contribution in [0.1, 0.15) is 26.7 Å². The highest BCUT2D eigenvalue weighted by Crippen LogP contribution is 2.06. The quantitative estimate of drug-likeness (QED) is 0.479. The molecule has 0 amide bonds. The molecule has 0 spiro atoms. The van der Waals surface area contributed by atoms with Crippen molar-refractivity contribution in [3.63, 3.8) is 0 Å². The smallest absolute Gasteiger partial charge is 0.248 e. The second-order valence-electron chi connectivity index (χ2n) is 5.44. The molecule has 0 fully saturated rings. The Morgan fingerprint density at radius 3 is 1.78 bits per heavy atom. The third kappa shape index (κ3) is 4.54. The zero-order valence-electron chi connectivity index (χ0n) is 14.1. The van der Waals surface area contributed by atoms with Gasteiger partial charge in [-0.1, -0.05) is 50.9 Å². The van der Waals surface area contributed by atoms with E-state index in [9.17, 15) is 14.4 Å². The second kappa shape index (κ2) is 9.29. The topological polar surface area (TPSA) is 66.0 Å². The average molecular weight is 336 g/mol. The van der Waals surface area contributed by atoms with E-state index in [4.69, 9.17) is 0 Å². The van der Waals surface area contributed by atoms with Crippen molar-refractivity contribution in [1.82, 2.24) is 13.7 Å². The minimum Gasteiger partial charge on any atom is -0.248 e.